The Labute approximate surface area is 175 Å². The molecule has 0 unspecified atom stereocenters. The Morgan fingerprint density at radius 2 is 1.90 bits per heavy atom. The molecule has 5 nitrogen and oxygen atoms in total. The van der Waals surface area contributed by atoms with Gasteiger partial charge in [0.1, 0.15) is 0 Å². The van der Waals surface area contributed by atoms with E-state index in [4.69, 9.17) is 9.47 Å². The summed E-state index contributed by atoms with van der Waals surface area (Å²) in [7, 11) is 0. The zero-order chi connectivity index (χ0) is 20.8. The number of fused-ring (bicyclic) bond motifs is 1. The summed E-state index contributed by atoms with van der Waals surface area (Å²) in [6.45, 7) is 2.37. The minimum Gasteiger partial charge on any atom is -0.490 e. The molecule has 4 rings (SSSR count). The first kappa shape index (κ1) is 19.5. The summed E-state index contributed by atoms with van der Waals surface area (Å²) >= 11 is 0. The molecule has 150 valence electrons. The number of rotatable bonds is 7. The van der Waals surface area contributed by atoms with E-state index >= 15 is 0 Å². The standard InChI is InChI=1S/C25H22N2O3/c1-2-29-24-15-18(10-12-20-7-5-6-14-26-20)11-13-23(24)30-25(28)16-19-17-27-22-9-4-3-8-21(19)22/h3-15,17,27H,2,16H2,1H3/b12-10+. The van der Waals surface area contributed by atoms with Gasteiger partial charge in [-0.25, -0.2) is 0 Å². The van der Waals surface area contributed by atoms with Crippen molar-refractivity contribution in [3.05, 3.63) is 89.9 Å². The first-order chi connectivity index (χ1) is 14.7. The van der Waals surface area contributed by atoms with Crippen LogP contribution in [0.15, 0.2) is 73.1 Å². The van der Waals surface area contributed by atoms with Crippen LogP contribution in [0.3, 0.4) is 0 Å². The van der Waals surface area contributed by atoms with Gasteiger partial charge >= 0.3 is 5.97 Å². The number of hydrogen-bond acceptors (Lipinski definition) is 4. The Hall–Kier alpha value is -3.86. The predicted octanol–water partition coefficient (Wildman–Crippen LogP) is 5.28. The Kier molecular flexibility index (Phi) is 5.90. The number of ether oxygens (including phenoxy) is 2. The molecule has 0 aliphatic rings. The third-order valence-corrected chi connectivity index (χ3v) is 4.64. The lowest BCUT2D eigenvalue weighted by Crippen LogP contribution is -2.12. The highest BCUT2D eigenvalue weighted by Crippen LogP contribution is 2.30. The van der Waals surface area contributed by atoms with Crippen molar-refractivity contribution in [3.8, 4) is 11.5 Å². The number of carbonyl (C=O) groups excluding carboxylic acids is 1. The van der Waals surface area contributed by atoms with Gasteiger partial charge in [0.25, 0.3) is 0 Å². The van der Waals surface area contributed by atoms with Crippen LogP contribution >= 0.6 is 0 Å². The van der Waals surface area contributed by atoms with Crippen molar-refractivity contribution in [2.24, 2.45) is 0 Å². The molecule has 0 spiro atoms. The number of pyridine rings is 1. The minimum absolute atomic E-state index is 0.177. The lowest BCUT2D eigenvalue weighted by Gasteiger charge is -2.11. The van der Waals surface area contributed by atoms with E-state index < -0.39 is 0 Å². The van der Waals surface area contributed by atoms with Gasteiger partial charge < -0.3 is 14.5 Å². The Balaban J connectivity index is 1.50. The van der Waals surface area contributed by atoms with Gasteiger partial charge in [0.05, 0.1) is 18.7 Å². The molecule has 1 N–H and O–H groups in total. The SMILES string of the molecule is CCOc1cc(/C=C/c2ccccn2)ccc1OC(=O)Cc1c[nH]c2ccccc12. The Morgan fingerprint density at radius 3 is 2.73 bits per heavy atom. The van der Waals surface area contributed by atoms with Gasteiger partial charge in [0.2, 0.25) is 0 Å². The second kappa shape index (κ2) is 9.09. The monoisotopic (exact) mass is 398 g/mol. The van der Waals surface area contributed by atoms with Gasteiger partial charge in [0, 0.05) is 23.3 Å². The number of para-hydroxylation sites is 1. The van der Waals surface area contributed by atoms with E-state index in [1.54, 1.807) is 12.3 Å². The van der Waals surface area contributed by atoms with E-state index in [-0.39, 0.29) is 12.4 Å². The van der Waals surface area contributed by atoms with Gasteiger partial charge in [-0.05, 0) is 54.5 Å². The summed E-state index contributed by atoms with van der Waals surface area (Å²) in [5, 5.41) is 1.02. The molecule has 0 amide bonds. The molecule has 0 saturated carbocycles. The predicted molar refractivity (Wildman–Crippen MR) is 118 cm³/mol. The topological polar surface area (TPSA) is 64.2 Å². The zero-order valence-electron chi connectivity index (χ0n) is 16.7. The molecule has 0 atom stereocenters. The van der Waals surface area contributed by atoms with E-state index in [9.17, 15) is 4.79 Å². The van der Waals surface area contributed by atoms with Crippen molar-refractivity contribution in [1.29, 1.82) is 0 Å². The summed E-state index contributed by atoms with van der Waals surface area (Å²) in [6, 6.07) is 19.1. The molecule has 0 saturated heterocycles. The van der Waals surface area contributed by atoms with Crippen molar-refractivity contribution >= 4 is 29.0 Å². The molecule has 0 aliphatic carbocycles. The van der Waals surface area contributed by atoms with Crippen LogP contribution in [-0.4, -0.2) is 22.5 Å². The van der Waals surface area contributed by atoms with Crippen LogP contribution in [0.25, 0.3) is 23.1 Å². The number of carbonyl (C=O) groups is 1. The van der Waals surface area contributed by atoms with Gasteiger partial charge in [0.15, 0.2) is 11.5 Å². The second-order valence-electron chi connectivity index (χ2n) is 6.74. The Bertz CT molecular complexity index is 1180. The fourth-order valence-corrected chi connectivity index (χ4v) is 3.23. The van der Waals surface area contributed by atoms with Crippen LogP contribution < -0.4 is 9.47 Å². The van der Waals surface area contributed by atoms with Crippen molar-refractivity contribution in [3.63, 3.8) is 0 Å². The zero-order valence-corrected chi connectivity index (χ0v) is 16.7. The average Bonchev–Trinajstić information content (AvgIpc) is 3.17. The van der Waals surface area contributed by atoms with Crippen LogP contribution in [0.4, 0.5) is 0 Å². The summed E-state index contributed by atoms with van der Waals surface area (Å²) in [5.74, 6) is 0.613. The summed E-state index contributed by atoms with van der Waals surface area (Å²) < 4.78 is 11.3. The van der Waals surface area contributed by atoms with E-state index in [0.29, 0.717) is 18.1 Å². The highest BCUT2D eigenvalue weighted by molar-refractivity contribution is 5.88. The average molecular weight is 398 g/mol. The van der Waals surface area contributed by atoms with Crippen LogP contribution in [0.5, 0.6) is 11.5 Å². The number of nitrogens with one attached hydrogen (secondary N) is 1. The highest BCUT2D eigenvalue weighted by atomic mass is 16.6. The van der Waals surface area contributed by atoms with Crippen molar-refractivity contribution in [2.75, 3.05) is 6.61 Å². The summed E-state index contributed by atoms with van der Waals surface area (Å²) in [6.07, 6.45) is 7.65. The van der Waals surface area contributed by atoms with Gasteiger partial charge in [-0.3, -0.25) is 9.78 Å². The number of H-pyrrole nitrogens is 1. The number of hydrogen-bond donors (Lipinski definition) is 1. The molecule has 0 fully saturated rings. The molecule has 2 aromatic carbocycles. The fraction of sp³-hybridized carbons (Fsp3) is 0.120. The lowest BCUT2D eigenvalue weighted by atomic mass is 10.1. The largest absolute Gasteiger partial charge is 0.490 e. The van der Waals surface area contributed by atoms with Gasteiger partial charge in [-0.2, -0.15) is 0 Å². The maximum Gasteiger partial charge on any atom is 0.315 e. The smallest absolute Gasteiger partial charge is 0.315 e. The quantitative estimate of drug-likeness (QED) is 0.340. The van der Waals surface area contributed by atoms with E-state index in [2.05, 4.69) is 9.97 Å². The van der Waals surface area contributed by atoms with Crippen LogP contribution in [0.1, 0.15) is 23.7 Å². The number of aromatic amines is 1. The molecule has 0 aliphatic heterocycles. The molecular weight excluding hydrogens is 376 g/mol. The fourth-order valence-electron chi connectivity index (χ4n) is 3.23. The maximum atomic E-state index is 12.6. The summed E-state index contributed by atoms with van der Waals surface area (Å²) in [4.78, 5) is 20.0. The minimum atomic E-state index is -0.336. The molecular formula is C25H22N2O3. The lowest BCUT2D eigenvalue weighted by molar-refractivity contribution is -0.133. The first-order valence-corrected chi connectivity index (χ1v) is 9.84. The van der Waals surface area contributed by atoms with Crippen molar-refractivity contribution in [1.82, 2.24) is 9.97 Å². The second-order valence-corrected chi connectivity index (χ2v) is 6.74. The molecule has 4 aromatic rings. The van der Waals surface area contributed by atoms with Crippen molar-refractivity contribution in [2.45, 2.75) is 13.3 Å². The first-order valence-electron chi connectivity index (χ1n) is 9.84. The van der Waals surface area contributed by atoms with Crippen molar-refractivity contribution < 1.29 is 14.3 Å². The molecule has 2 heterocycles. The highest BCUT2D eigenvalue weighted by Gasteiger charge is 2.14. The van der Waals surface area contributed by atoms with Crippen LogP contribution in [0, 0.1) is 0 Å². The summed E-state index contributed by atoms with van der Waals surface area (Å²) in [5.41, 5.74) is 3.70. The van der Waals surface area contributed by atoms with E-state index in [1.807, 2.05) is 79.9 Å². The number of benzene rings is 2. The number of esters is 1. The molecule has 5 heteroatoms. The molecule has 30 heavy (non-hydrogen) atoms. The number of nitrogens with zero attached hydrogens (tertiary/aromatic N) is 1. The third-order valence-electron chi connectivity index (χ3n) is 4.64. The van der Waals surface area contributed by atoms with Gasteiger partial charge in [-0.1, -0.05) is 36.4 Å². The molecule has 2 aromatic heterocycles. The van der Waals surface area contributed by atoms with Gasteiger partial charge in [-0.15, -0.1) is 0 Å². The van der Waals surface area contributed by atoms with Crippen LogP contribution in [-0.2, 0) is 11.2 Å². The maximum absolute atomic E-state index is 12.6. The molecule has 0 radical (unpaired) electrons. The Morgan fingerprint density at radius 1 is 1.03 bits per heavy atom. The van der Waals surface area contributed by atoms with E-state index in [1.165, 1.54) is 0 Å². The normalized spacial score (nSPS) is 11.1. The third kappa shape index (κ3) is 4.58. The van der Waals surface area contributed by atoms with E-state index in [0.717, 1.165) is 27.7 Å². The van der Waals surface area contributed by atoms with Crippen LogP contribution in [0.2, 0.25) is 0 Å². The molecule has 0 bridgehead atoms. The number of aromatic nitrogens is 2.